The predicted molar refractivity (Wildman–Crippen MR) is 18.0 cm³/mol. The van der Waals surface area contributed by atoms with Crippen molar-refractivity contribution in [1.82, 2.24) is 0 Å². The minimum Gasteiger partial charge on any atom is -0.554 e. The van der Waals surface area contributed by atoms with Gasteiger partial charge in [-0.05, 0) is 6.92 Å². The van der Waals surface area contributed by atoms with E-state index in [2.05, 4.69) is 11.6 Å². The lowest BCUT2D eigenvalue weighted by Crippen LogP contribution is -2.01. The van der Waals surface area contributed by atoms with Crippen LogP contribution in [0.15, 0.2) is 0 Å². The number of hydrogen-bond acceptors (Lipinski definition) is 2. The highest BCUT2D eigenvalue weighted by molar-refractivity contribution is 5.29. The van der Waals surface area contributed by atoms with Crippen LogP contribution < -0.4 is 5.11 Å². The van der Waals surface area contributed by atoms with Gasteiger partial charge in [0.2, 0.25) is 0 Å². The second-order valence-corrected chi connectivity index (χ2v) is 0.962. The van der Waals surface area contributed by atoms with Crippen molar-refractivity contribution in [3.8, 4) is 0 Å². The highest BCUT2D eigenvalue weighted by atomic mass is 35.5. The van der Waals surface area contributed by atoms with Crippen LogP contribution in [0.25, 0.3) is 0 Å². The van der Waals surface area contributed by atoms with Crippen molar-refractivity contribution in [2.75, 3.05) is 5.88 Å². The molecule has 0 heterocycles. The molecule has 0 atom stereocenters. The molecule has 0 aromatic heterocycles. The van der Waals surface area contributed by atoms with Gasteiger partial charge in [0.05, 0.1) is 0 Å². The summed E-state index contributed by atoms with van der Waals surface area (Å²) in [5.74, 6) is 0.833. The lowest BCUT2D eigenvalue weighted by atomic mass is 11.0. The van der Waals surface area contributed by atoms with Crippen LogP contribution in [-0.4, -0.2) is 12.4 Å². The van der Waals surface area contributed by atoms with Gasteiger partial charge < -0.3 is 9.90 Å². The van der Waals surface area contributed by atoms with E-state index in [4.69, 9.17) is 9.90 Å². The van der Waals surface area contributed by atoms with Gasteiger partial charge in [-0.1, -0.05) is 0 Å². The number of carboxylic acid groups (broad SMARTS) is 1. The maximum absolute atomic E-state index is 8.25. The summed E-state index contributed by atoms with van der Waals surface area (Å²) in [5.41, 5.74) is 0. The first-order chi connectivity index (χ1) is 2.83. The molecule has 0 aliphatic rings. The molecule has 2 nitrogen and oxygen atoms in total. The minimum atomic E-state index is -0.500. The van der Waals surface area contributed by atoms with Crippen molar-refractivity contribution < 1.29 is 21.5 Å². The van der Waals surface area contributed by atoms with E-state index in [1.54, 1.807) is 0 Å². The summed E-state index contributed by atoms with van der Waals surface area (Å²) in [4.78, 5) is 8.25. The second kappa shape index (κ2) is 21.7. The number of halogens is 1. The van der Waals surface area contributed by atoms with E-state index >= 15 is 0 Å². The van der Waals surface area contributed by atoms with E-state index in [0.29, 0.717) is 0 Å². The largest absolute Gasteiger partial charge is 0.554 e. The molecule has 6 heavy (non-hydrogen) atoms. The van der Waals surface area contributed by atoms with Gasteiger partial charge in [-0.15, -0.1) is 0 Å². The summed E-state index contributed by atoms with van der Waals surface area (Å²) in [6.07, 6.45) is 0. The number of alkyl halides is 1. The molecule has 0 saturated carbocycles. The van der Waals surface area contributed by atoms with Crippen molar-refractivity contribution in [3.63, 3.8) is 0 Å². The average Bonchev–Trinajstić information content (AvgIpc) is 1.39. The maximum Gasteiger partial charge on any atom is 0.167 e. The topological polar surface area (TPSA) is 40.1 Å². The Morgan fingerprint density at radius 1 is 2.00 bits per heavy atom. The zero-order valence-corrected chi connectivity index (χ0v) is 4.33. The summed E-state index contributed by atoms with van der Waals surface area (Å²) in [6.45, 7) is 1.44. The second-order valence-electron chi connectivity index (χ2n) is 0.385. The van der Waals surface area contributed by atoms with E-state index in [0.717, 1.165) is 5.88 Å². The van der Waals surface area contributed by atoms with Gasteiger partial charge in [0.1, 0.15) is 11.6 Å². The molecule has 3 heteroatoms. The number of rotatable bonds is 0. The third-order valence-electron chi connectivity index (χ3n) is 0. The quantitative estimate of drug-likeness (QED) is 0.286. The number of carbonyl (C=O) groups is 1. The van der Waals surface area contributed by atoms with Crippen LogP contribution in [0.5, 0.6) is 0 Å². The summed E-state index contributed by atoms with van der Waals surface area (Å²) >= 11 is 4.39. The van der Waals surface area contributed by atoms with Gasteiger partial charge in [-0.25, -0.2) is 0 Å². The Bertz CT molecular complexity index is 22.8. The molecular formula is C3H7ClO2. The Morgan fingerprint density at radius 2 is 2.00 bits per heavy atom. The Kier molecular flexibility index (Phi) is 33.4. The highest BCUT2D eigenvalue weighted by Crippen LogP contribution is 1.36. The van der Waals surface area contributed by atoms with E-state index in [-0.39, 0.29) is 0 Å². The molecule has 0 aliphatic carbocycles. The molecule has 0 N–H and O–H groups in total. The van der Waals surface area contributed by atoms with Gasteiger partial charge in [-0.2, -0.15) is 0 Å². The fourth-order valence-electron chi connectivity index (χ4n) is 0. The average molecular weight is 111 g/mol. The van der Waals surface area contributed by atoms with Crippen LogP contribution in [0.1, 0.15) is 6.92 Å². The van der Waals surface area contributed by atoms with E-state index in [9.17, 15) is 0 Å². The third-order valence-corrected chi connectivity index (χ3v) is 0. The SMILES string of the molecule is CC[ClH+].O=C[O-]. The van der Waals surface area contributed by atoms with E-state index in [1.165, 1.54) is 0 Å². The highest BCUT2D eigenvalue weighted by Gasteiger charge is 1.52. The Hall–Kier alpha value is -0.240. The van der Waals surface area contributed by atoms with Gasteiger partial charge in [-0.3, -0.25) is 0 Å². The van der Waals surface area contributed by atoms with Crippen molar-refractivity contribution >= 4 is 6.47 Å². The Labute approximate surface area is 41.7 Å². The van der Waals surface area contributed by atoms with Crippen molar-refractivity contribution in [2.45, 2.75) is 6.92 Å². The predicted octanol–water partition coefficient (Wildman–Crippen LogP) is -1.35. The summed E-state index contributed by atoms with van der Waals surface area (Å²) < 4.78 is 0. The molecule has 0 spiro atoms. The number of carbonyl (C=O) groups excluding carboxylic acids is 1. The van der Waals surface area contributed by atoms with Gasteiger partial charge in [0, 0.05) is 6.47 Å². The molecule has 0 unspecified atom stereocenters. The van der Waals surface area contributed by atoms with Crippen LogP contribution >= 0.6 is 0 Å². The monoisotopic (exact) mass is 110 g/mol. The molecule has 0 aliphatic heterocycles. The van der Waals surface area contributed by atoms with Crippen LogP contribution in [0.3, 0.4) is 0 Å². The standard InChI is InChI=1S/C2H6Cl.CH2O2/c1-2-3;2-1-3/h3H,2H2,1H3;1H,(H,2,3)/q+1;/p-1. The first-order valence-corrected chi connectivity index (χ1v) is 2.04. The summed E-state index contributed by atoms with van der Waals surface area (Å²) in [7, 11) is 0. The normalized spacial score (nSPS) is 5.00. The van der Waals surface area contributed by atoms with Crippen LogP contribution in [0.2, 0.25) is 0 Å². The fourth-order valence-corrected chi connectivity index (χ4v) is 0. The first-order valence-electron chi connectivity index (χ1n) is 1.47. The smallest absolute Gasteiger partial charge is 0.167 e. The summed E-state index contributed by atoms with van der Waals surface area (Å²) in [6, 6.07) is 0. The lowest BCUT2D eigenvalue weighted by Gasteiger charge is -1.52. The third kappa shape index (κ3) is 497. The van der Waals surface area contributed by atoms with E-state index in [1.807, 2.05) is 6.92 Å². The molecule has 0 radical (unpaired) electrons. The zero-order valence-electron chi connectivity index (χ0n) is 3.51. The zero-order chi connectivity index (χ0) is 5.41. The van der Waals surface area contributed by atoms with Gasteiger partial charge in [0.15, 0.2) is 5.88 Å². The first kappa shape index (κ1) is 9.23. The Morgan fingerprint density at radius 3 is 2.00 bits per heavy atom. The van der Waals surface area contributed by atoms with Gasteiger partial charge in [0.25, 0.3) is 0 Å². The van der Waals surface area contributed by atoms with Crippen molar-refractivity contribution in [1.29, 1.82) is 0 Å². The van der Waals surface area contributed by atoms with Crippen LogP contribution in [0, 0.1) is 11.6 Å². The molecular weight excluding hydrogens is 103 g/mol. The molecule has 0 amide bonds. The lowest BCUT2D eigenvalue weighted by molar-refractivity contribution is -0.361. The fraction of sp³-hybridized carbons (Fsp3) is 0.667. The van der Waals surface area contributed by atoms with Crippen LogP contribution in [-0.2, 0) is 4.79 Å². The minimum absolute atomic E-state index is 0.500. The molecule has 0 fully saturated rings. The van der Waals surface area contributed by atoms with E-state index < -0.39 is 6.47 Å². The molecule has 0 saturated heterocycles. The molecule has 0 rings (SSSR count). The number of hydrogen-bond donors (Lipinski definition) is 0. The molecule has 0 aromatic rings. The Balaban J connectivity index is 0. The summed E-state index contributed by atoms with van der Waals surface area (Å²) in [5, 5.41) is 8.25. The van der Waals surface area contributed by atoms with Gasteiger partial charge >= 0.3 is 0 Å². The maximum atomic E-state index is 8.25. The molecule has 38 valence electrons. The van der Waals surface area contributed by atoms with Crippen molar-refractivity contribution in [2.24, 2.45) is 0 Å². The van der Waals surface area contributed by atoms with Crippen LogP contribution in [0.4, 0.5) is 0 Å². The molecule has 0 bridgehead atoms. The van der Waals surface area contributed by atoms with Crippen molar-refractivity contribution in [3.05, 3.63) is 0 Å². The molecule has 0 aromatic carbocycles.